The maximum Gasteiger partial charge on any atom is 0.454 e. The van der Waals surface area contributed by atoms with Gasteiger partial charge in [0.1, 0.15) is 0 Å². The first-order valence-electron chi connectivity index (χ1n) is 12.7. The molecule has 0 aliphatic heterocycles. The molecule has 17 heteroatoms. The monoisotopic (exact) mass is 636 g/mol. The average Bonchev–Trinajstić information content (AvgIpc) is 2.99. The minimum atomic E-state index is -5.05. The molecule has 0 unspecified atom stereocenters. The number of alkyl halides is 6. The molecule has 1 amide bonds. The first kappa shape index (κ1) is 34.1. The van der Waals surface area contributed by atoms with Crippen LogP contribution in [0.15, 0.2) is 73.1 Å². The number of halogens is 6. The topological polar surface area (TPSA) is 187 Å². The van der Waals surface area contributed by atoms with Crippen molar-refractivity contribution in [3.8, 4) is 0 Å². The zero-order chi connectivity index (χ0) is 33.7. The standard InChI is InChI=1S/C28H26F6N8O3/c1-2-39-26(45)17-11-22(20(35)13-41(37)18-7-3-15(4-8-18)24(43)27(29,30)31)40-23(12-17)21(36)14-42(38)19-9-5-16(6-10-19)25(44)28(32,33)34/h3-14H,2,35-38H2,1H3,(H,39,45)/b20-13-,21-14-. The van der Waals surface area contributed by atoms with Crippen molar-refractivity contribution in [2.75, 3.05) is 16.6 Å². The molecule has 1 aromatic heterocycles. The number of pyridine rings is 1. The first-order chi connectivity index (χ1) is 20.9. The Hall–Kier alpha value is -5.42. The van der Waals surface area contributed by atoms with Gasteiger partial charge in [-0.2, -0.15) is 26.3 Å². The second kappa shape index (κ2) is 13.5. The van der Waals surface area contributed by atoms with Crippen LogP contribution in [-0.2, 0) is 0 Å². The number of aromatic nitrogens is 1. The second-order valence-corrected chi connectivity index (χ2v) is 9.22. The first-order valence-corrected chi connectivity index (χ1v) is 12.7. The van der Waals surface area contributed by atoms with Crippen LogP contribution < -0.4 is 38.5 Å². The summed E-state index contributed by atoms with van der Waals surface area (Å²) >= 11 is 0. The zero-order valence-electron chi connectivity index (χ0n) is 23.3. The Kier molecular flexibility index (Phi) is 10.2. The van der Waals surface area contributed by atoms with E-state index in [9.17, 15) is 40.7 Å². The van der Waals surface area contributed by atoms with E-state index in [-0.39, 0.29) is 46.3 Å². The number of hydrogen-bond donors (Lipinski definition) is 5. The number of anilines is 2. The summed E-state index contributed by atoms with van der Waals surface area (Å²) in [5.74, 6) is 7.41. The van der Waals surface area contributed by atoms with E-state index >= 15 is 0 Å². The Morgan fingerprint density at radius 2 is 1.07 bits per heavy atom. The Bertz CT molecular complexity index is 1530. The van der Waals surface area contributed by atoms with Gasteiger partial charge >= 0.3 is 12.4 Å². The van der Waals surface area contributed by atoms with Gasteiger partial charge in [0.05, 0.1) is 34.2 Å². The van der Waals surface area contributed by atoms with Crippen molar-refractivity contribution < 1.29 is 40.7 Å². The Morgan fingerprint density at radius 1 is 0.711 bits per heavy atom. The number of ketones is 2. The highest BCUT2D eigenvalue weighted by atomic mass is 19.4. The molecule has 1 heterocycles. The molecule has 3 rings (SSSR count). The van der Waals surface area contributed by atoms with E-state index in [0.29, 0.717) is 0 Å². The molecular weight excluding hydrogens is 610 g/mol. The molecule has 0 bridgehead atoms. The number of carbonyl (C=O) groups is 3. The third kappa shape index (κ3) is 8.58. The van der Waals surface area contributed by atoms with Crippen LogP contribution in [0.3, 0.4) is 0 Å². The van der Waals surface area contributed by atoms with Gasteiger partial charge in [0, 0.05) is 35.6 Å². The van der Waals surface area contributed by atoms with Crippen LogP contribution in [0.2, 0.25) is 0 Å². The molecule has 238 valence electrons. The zero-order valence-corrected chi connectivity index (χ0v) is 23.3. The van der Waals surface area contributed by atoms with Crippen molar-refractivity contribution in [3.05, 3.63) is 101 Å². The molecule has 0 spiro atoms. The van der Waals surface area contributed by atoms with Gasteiger partial charge < -0.3 is 16.8 Å². The molecule has 2 aromatic carbocycles. The molecule has 0 aliphatic rings. The molecule has 0 aliphatic carbocycles. The lowest BCUT2D eigenvalue weighted by Gasteiger charge is -2.17. The number of nitrogens with one attached hydrogen (secondary N) is 1. The molecule has 0 fully saturated rings. The lowest BCUT2D eigenvalue weighted by Crippen LogP contribution is -2.27. The van der Waals surface area contributed by atoms with Gasteiger partial charge in [-0.15, -0.1) is 0 Å². The van der Waals surface area contributed by atoms with Gasteiger partial charge in [0.2, 0.25) is 0 Å². The SMILES string of the molecule is CCNC(=O)c1cc(/C(N)=C/N(N)c2ccc(C(=O)C(F)(F)F)cc2)nc(/C(N)=C/N(N)c2ccc(C(=O)C(F)(F)F)cc2)c1. The van der Waals surface area contributed by atoms with E-state index in [1.165, 1.54) is 12.1 Å². The maximum absolute atomic E-state index is 12.7. The van der Waals surface area contributed by atoms with Gasteiger partial charge in [0.25, 0.3) is 17.5 Å². The van der Waals surface area contributed by atoms with E-state index < -0.39 is 41.0 Å². The van der Waals surface area contributed by atoms with Crippen molar-refractivity contribution >= 4 is 40.2 Å². The van der Waals surface area contributed by atoms with Crippen LogP contribution in [0.25, 0.3) is 11.4 Å². The largest absolute Gasteiger partial charge is 0.454 e. The number of benzene rings is 2. The number of hydrazine groups is 2. The summed E-state index contributed by atoms with van der Waals surface area (Å²) in [4.78, 5) is 39.8. The van der Waals surface area contributed by atoms with Crippen LogP contribution in [0.5, 0.6) is 0 Å². The summed E-state index contributed by atoms with van der Waals surface area (Å²) < 4.78 is 76.2. The third-order valence-electron chi connectivity index (χ3n) is 5.94. The predicted octanol–water partition coefficient (Wildman–Crippen LogP) is 3.60. The lowest BCUT2D eigenvalue weighted by molar-refractivity contribution is -0.0888. The van der Waals surface area contributed by atoms with Gasteiger partial charge in [-0.05, 0) is 67.6 Å². The highest BCUT2D eigenvalue weighted by Crippen LogP contribution is 2.25. The molecule has 45 heavy (non-hydrogen) atoms. The van der Waals surface area contributed by atoms with E-state index in [1.54, 1.807) is 6.92 Å². The number of hydrogen-bond acceptors (Lipinski definition) is 10. The van der Waals surface area contributed by atoms with Crippen molar-refractivity contribution in [1.29, 1.82) is 0 Å². The Labute approximate surface area is 251 Å². The maximum atomic E-state index is 12.7. The number of amides is 1. The van der Waals surface area contributed by atoms with Crippen LogP contribution in [0.1, 0.15) is 49.4 Å². The Balaban J connectivity index is 1.93. The average molecular weight is 637 g/mol. The summed E-state index contributed by atoms with van der Waals surface area (Å²) in [6, 6.07) is 11.0. The quantitative estimate of drug-likeness (QED) is 0.0953. The van der Waals surface area contributed by atoms with Gasteiger partial charge in [-0.1, -0.05) is 0 Å². The number of nitrogens with zero attached hydrogens (tertiary/aromatic N) is 3. The fraction of sp³-hybridized carbons (Fsp3) is 0.143. The highest BCUT2D eigenvalue weighted by Gasteiger charge is 2.39. The lowest BCUT2D eigenvalue weighted by atomic mass is 10.1. The molecule has 9 N–H and O–H groups in total. The fourth-order valence-corrected chi connectivity index (χ4v) is 3.70. The summed E-state index contributed by atoms with van der Waals surface area (Å²) in [7, 11) is 0. The van der Waals surface area contributed by atoms with Gasteiger partial charge in [0.15, 0.2) is 0 Å². The highest BCUT2D eigenvalue weighted by molar-refractivity contribution is 6.01. The van der Waals surface area contributed by atoms with Crippen LogP contribution in [0, 0.1) is 0 Å². The second-order valence-electron chi connectivity index (χ2n) is 9.22. The molecule has 3 aromatic rings. The molecule has 0 radical (unpaired) electrons. The van der Waals surface area contributed by atoms with Gasteiger partial charge in [-0.25, -0.2) is 16.7 Å². The summed E-state index contributed by atoms with van der Waals surface area (Å²) in [6.45, 7) is 1.96. The number of nitrogens with two attached hydrogens (primary N) is 4. The predicted molar refractivity (Wildman–Crippen MR) is 154 cm³/mol. The molecule has 0 atom stereocenters. The van der Waals surface area contributed by atoms with E-state index in [1.807, 2.05) is 0 Å². The minimum absolute atomic E-state index is 0.00279. The van der Waals surface area contributed by atoms with E-state index in [0.717, 1.165) is 70.9 Å². The van der Waals surface area contributed by atoms with Crippen molar-refractivity contribution in [2.24, 2.45) is 23.2 Å². The van der Waals surface area contributed by atoms with Gasteiger partial charge in [-0.3, -0.25) is 24.4 Å². The fourth-order valence-electron chi connectivity index (χ4n) is 3.70. The Morgan fingerprint density at radius 3 is 1.38 bits per heavy atom. The minimum Gasteiger partial charge on any atom is -0.396 e. The van der Waals surface area contributed by atoms with E-state index in [2.05, 4.69) is 10.3 Å². The molecular formula is C28H26F6N8O3. The van der Waals surface area contributed by atoms with E-state index in [4.69, 9.17) is 23.2 Å². The number of rotatable bonds is 10. The van der Waals surface area contributed by atoms with Crippen molar-refractivity contribution in [3.63, 3.8) is 0 Å². The summed E-state index contributed by atoms with van der Waals surface area (Å²) in [5.41, 5.74) is 11.3. The van der Waals surface area contributed by atoms with Crippen molar-refractivity contribution in [1.82, 2.24) is 10.3 Å². The van der Waals surface area contributed by atoms with Crippen LogP contribution >= 0.6 is 0 Å². The normalized spacial score (nSPS) is 12.5. The smallest absolute Gasteiger partial charge is 0.396 e. The molecule has 0 saturated carbocycles. The summed E-state index contributed by atoms with van der Waals surface area (Å²) in [6.07, 6.45) is -7.78. The number of carbonyl (C=O) groups excluding carboxylic acids is 3. The number of Topliss-reactive ketones (excluding diaryl/α,β-unsaturated/α-hetero) is 2. The molecule has 0 saturated heterocycles. The van der Waals surface area contributed by atoms with Crippen LogP contribution in [-0.4, -0.2) is 41.4 Å². The summed E-state index contributed by atoms with van der Waals surface area (Å²) in [5, 5.41) is 4.50. The molecule has 11 nitrogen and oxygen atoms in total. The van der Waals surface area contributed by atoms with Crippen molar-refractivity contribution in [2.45, 2.75) is 19.3 Å². The van der Waals surface area contributed by atoms with Crippen LogP contribution in [0.4, 0.5) is 37.7 Å². The third-order valence-corrected chi connectivity index (χ3v) is 5.94.